The van der Waals surface area contributed by atoms with E-state index in [1.165, 1.54) is 32.1 Å². The number of aromatic nitrogens is 2. The number of rotatable bonds is 4. The second-order valence-electron chi connectivity index (χ2n) is 14.1. The topological polar surface area (TPSA) is 38.9 Å². The van der Waals surface area contributed by atoms with E-state index in [1.54, 1.807) is 6.20 Å². The van der Waals surface area contributed by atoms with Crippen LogP contribution in [0.3, 0.4) is 0 Å². The number of pyridine rings is 2. The maximum atomic E-state index is 8.38. The molecule has 3 heterocycles. The molecule has 3 nitrogen and oxygen atoms in total. The Morgan fingerprint density at radius 1 is 0.627 bits per heavy atom. The molecule has 0 amide bonds. The number of benzene rings is 6. The van der Waals surface area contributed by atoms with Gasteiger partial charge in [0, 0.05) is 44.6 Å². The summed E-state index contributed by atoms with van der Waals surface area (Å²) >= 11 is 0. The summed E-state index contributed by atoms with van der Waals surface area (Å²) in [6.45, 7) is 10.9. The average Bonchev–Trinajstić information content (AvgIpc) is 3.54. The third kappa shape index (κ3) is 6.66. The molecule has 0 saturated heterocycles. The second kappa shape index (κ2) is 14.0. The third-order valence-corrected chi connectivity index (χ3v) is 11.5. The summed E-state index contributed by atoms with van der Waals surface area (Å²) in [5.74, 6) is -0.691. The first-order valence-electron chi connectivity index (χ1n) is 17.6. The molecule has 5 heteroatoms. The molecule has 0 N–H and O–H groups in total. The molecule has 0 saturated carbocycles. The van der Waals surface area contributed by atoms with Crippen LogP contribution in [0.4, 0.5) is 0 Å². The van der Waals surface area contributed by atoms with Gasteiger partial charge in [-0.2, -0.15) is 0 Å². The Hall–Kier alpha value is -4.93. The molecule has 51 heavy (non-hydrogen) atoms. The summed E-state index contributed by atoms with van der Waals surface area (Å²) in [6.07, 6.45) is 3.58. The van der Waals surface area contributed by atoms with E-state index < -0.39 is 14.0 Å². The van der Waals surface area contributed by atoms with Gasteiger partial charge in [-0.15, -0.1) is 47.3 Å². The zero-order valence-corrected chi connectivity index (χ0v) is 32.7. The van der Waals surface area contributed by atoms with Crippen LogP contribution in [0.5, 0.6) is 0 Å². The smallest absolute Gasteiger partial charge is 0.128 e. The molecule has 0 aliphatic heterocycles. The molecule has 0 atom stereocenters. The fourth-order valence-electron chi connectivity index (χ4n) is 6.68. The molecule has 0 bridgehead atoms. The number of hydrogen-bond acceptors (Lipinski definition) is 3. The molecule has 0 aliphatic carbocycles. The molecular weight excluding hydrogens is 817 g/mol. The van der Waals surface area contributed by atoms with Crippen LogP contribution in [-0.2, 0) is 20.1 Å². The predicted molar refractivity (Wildman–Crippen MR) is 214 cm³/mol. The van der Waals surface area contributed by atoms with Gasteiger partial charge >= 0.3 is 0 Å². The van der Waals surface area contributed by atoms with E-state index in [2.05, 4.69) is 127 Å². The van der Waals surface area contributed by atoms with Gasteiger partial charge in [-0.1, -0.05) is 151 Å². The van der Waals surface area contributed by atoms with Crippen LogP contribution < -0.4 is 5.19 Å². The monoisotopic (exact) mass is 856 g/mol. The van der Waals surface area contributed by atoms with Crippen molar-refractivity contribution in [2.75, 3.05) is 0 Å². The van der Waals surface area contributed by atoms with Crippen molar-refractivity contribution in [3.8, 4) is 22.5 Å². The SMILES string of the molecule is [2H]C(C)(C)c1ccnc(-c2[c-]ccc3c2oc2c4ccc([Si](C)(C)C)cc4ccc32)c1.[Ir].[c-]1cc2c(ccc3ccccc32)cc1-c1ccccn1. The van der Waals surface area contributed by atoms with Crippen LogP contribution in [-0.4, -0.2) is 18.0 Å². The zero-order valence-electron chi connectivity index (χ0n) is 30.3. The van der Waals surface area contributed by atoms with Gasteiger partial charge in [-0.05, 0) is 40.2 Å². The van der Waals surface area contributed by atoms with E-state index in [0.29, 0.717) is 0 Å². The van der Waals surface area contributed by atoms with Gasteiger partial charge in [0.2, 0.25) is 0 Å². The summed E-state index contributed by atoms with van der Waals surface area (Å²) in [6, 6.07) is 48.7. The van der Waals surface area contributed by atoms with E-state index in [0.717, 1.165) is 55.4 Å². The molecule has 1 radical (unpaired) electrons. The summed E-state index contributed by atoms with van der Waals surface area (Å²) in [5, 5.41) is 11.0. The fraction of sp³-hybridized carbons (Fsp3) is 0.130. The zero-order chi connectivity index (χ0) is 35.3. The Balaban J connectivity index is 0.000000173. The van der Waals surface area contributed by atoms with Gasteiger partial charge in [0.25, 0.3) is 0 Å². The third-order valence-electron chi connectivity index (χ3n) is 9.49. The van der Waals surface area contributed by atoms with E-state index in [1.807, 2.05) is 56.4 Å². The Morgan fingerprint density at radius 3 is 2.16 bits per heavy atom. The van der Waals surface area contributed by atoms with Gasteiger partial charge < -0.3 is 14.4 Å². The second-order valence-corrected chi connectivity index (χ2v) is 19.2. The maximum Gasteiger partial charge on any atom is 0.128 e. The van der Waals surface area contributed by atoms with Crippen LogP contribution in [0.1, 0.15) is 26.7 Å². The molecule has 3 aromatic heterocycles. The number of furan rings is 1. The molecule has 0 spiro atoms. The first-order chi connectivity index (χ1) is 24.5. The van der Waals surface area contributed by atoms with Gasteiger partial charge in [0.05, 0.1) is 13.7 Å². The van der Waals surface area contributed by atoms with Gasteiger partial charge in [0.15, 0.2) is 0 Å². The Bertz CT molecular complexity index is 2730. The molecular formula is C46H38IrN2OSi-2. The molecule has 253 valence electrons. The summed E-state index contributed by atoms with van der Waals surface area (Å²) in [5.41, 5.74) is 6.25. The van der Waals surface area contributed by atoms with Crippen LogP contribution >= 0.6 is 0 Å². The largest absolute Gasteiger partial charge is 0.500 e. The normalized spacial score (nSPS) is 12.1. The van der Waals surface area contributed by atoms with Crippen molar-refractivity contribution in [2.24, 2.45) is 0 Å². The van der Waals surface area contributed by atoms with Crippen LogP contribution in [0.15, 0.2) is 138 Å². The Labute approximate surface area is 315 Å². The molecule has 0 aliphatic rings. The minimum atomic E-state index is -1.38. The fourth-order valence-corrected chi connectivity index (χ4v) is 7.85. The summed E-state index contributed by atoms with van der Waals surface area (Å²) in [7, 11) is -1.38. The van der Waals surface area contributed by atoms with Crippen LogP contribution in [0.25, 0.3) is 76.8 Å². The maximum absolute atomic E-state index is 8.38. The Morgan fingerprint density at radius 2 is 1.35 bits per heavy atom. The van der Waals surface area contributed by atoms with Gasteiger partial charge in [-0.3, -0.25) is 0 Å². The number of nitrogens with zero attached hydrogens (tertiary/aromatic N) is 2. The predicted octanol–water partition coefficient (Wildman–Crippen LogP) is 12.1. The quantitative estimate of drug-likeness (QED) is 0.101. The molecule has 9 aromatic rings. The summed E-state index contributed by atoms with van der Waals surface area (Å²) in [4.78, 5) is 8.96. The average molecular weight is 856 g/mol. The molecule has 6 aromatic carbocycles. The number of fused-ring (bicyclic) bond motifs is 8. The minimum absolute atomic E-state index is 0. The minimum Gasteiger partial charge on any atom is -0.500 e. The van der Waals surface area contributed by atoms with E-state index >= 15 is 0 Å². The van der Waals surface area contributed by atoms with Gasteiger partial charge in [-0.25, -0.2) is 0 Å². The number of hydrogen-bond donors (Lipinski definition) is 0. The van der Waals surface area contributed by atoms with Crippen molar-refractivity contribution >= 4 is 67.5 Å². The van der Waals surface area contributed by atoms with Crippen molar-refractivity contribution < 1.29 is 25.9 Å². The van der Waals surface area contributed by atoms with Crippen molar-refractivity contribution in [1.29, 1.82) is 0 Å². The van der Waals surface area contributed by atoms with Crippen LogP contribution in [0, 0.1) is 12.1 Å². The Kier molecular flexibility index (Phi) is 9.12. The molecule has 9 rings (SSSR count). The molecule has 0 fully saturated rings. The first kappa shape index (κ1) is 33.2. The van der Waals surface area contributed by atoms with Crippen molar-refractivity contribution in [3.05, 3.63) is 151 Å². The standard InChI is InChI=1S/C27H26NOSi.C19H12N.Ir/c1-17(2)18-13-14-28-25(16-18)24-8-6-7-22-23-11-9-19-15-20(30(3,4)5)10-12-21(19)26(23)29-27(22)24;1-2-6-17-14(5-1)8-9-15-13-16(10-11-18(15)17)19-7-3-4-12-20-19;/h6-7,9-17H,1-5H3;1-9,11-13H;/q2*-1;/i17D;;. The van der Waals surface area contributed by atoms with E-state index in [9.17, 15) is 0 Å². The van der Waals surface area contributed by atoms with E-state index in [-0.39, 0.29) is 20.1 Å². The van der Waals surface area contributed by atoms with Gasteiger partial charge in [0.1, 0.15) is 5.58 Å². The van der Waals surface area contributed by atoms with E-state index in [4.69, 9.17) is 5.79 Å². The van der Waals surface area contributed by atoms with Crippen LogP contribution in [0.2, 0.25) is 19.6 Å². The van der Waals surface area contributed by atoms with Crippen molar-refractivity contribution in [1.82, 2.24) is 9.97 Å². The summed E-state index contributed by atoms with van der Waals surface area (Å²) < 4.78 is 14.9. The molecule has 0 unspecified atom stereocenters. The van der Waals surface area contributed by atoms with Crippen molar-refractivity contribution in [3.63, 3.8) is 0 Å². The van der Waals surface area contributed by atoms with Crippen molar-refractivity contribution in [2.45, 2.75) is 39.4 Å². The first-order valence-corrected chi connectivity index (χ1v) is 20.6.